The Bertz CT molecular complexity index is 1560. The molecule has 3 N–H and O–H groups in total. The molecule has 0 unspecified atom stereocenters. The van der Waals surface area contributed by atoms with E-state index in [9.17, 15) is 4.79 Å². The second-order valence-electron chi connectivity index (χ2n) is 9.51. The average molecular weight is 550 g/mol. The zero-order valence-electron chi connectivity index (χ0n) is 22.9. The number of benzene rings is 4. The quantitative estimate of drug-likeness (QED) is 0.209. The number of urea groups is 1. The van der Waals surface area contributed by atoms with Crippen molar-refractivity contribution in [2.75, 3.05) is 38.7 Å². The van der Waals surface area contributed by atoms with E-state index in [4.69, 9.17) is 24.7 Å². The predicted octanol–water partition coefficient (Wildman–Crippen LogP) is 6.85. The first kappa shape index (κ1) is 27.2. The van der Waals surface area contributed by atoms with Crippen molar-refractivity contribution in [3.05, 3.63) is 107 Å². The Labute approximate surface area is 239 Å². The third-order valence-electron chi connectivity index (χ3n) is 6.23. The van der Waals surface area contributed by atoms with Crippen LogP contribution in [0, 0.1) is 0 Å². The molecule has 0 saturated heterocycles. The van der Waals surface area contributed by atoms with Gasteiger partial charge in [0.05, 0.1) is 0 Å². The molecule has 2 aliphatic heterocycles. The van der Waals surface area contributed by atoms with Crippen LogP contribution >= 0.6 is 0 Å². The van der Waals surface area contributed by atoms with Crippen LogP contribution in [0.3, 0.4) is 0 Å². The number of hydrogen-bond donors (Lipinski definition) is 2. The molecule has 4 aromatic carbocycles. The summed E-state index contributed by atoms with van der Waals surface area (Å²) in [5.74, 6) is 3.16. The van der Waals surface area contributed by atoms with Gasteiger partial charge in [0.1, 0.15) is 0 Å². The second-order valence-corrected chi connectivity index (χ2v) is 9.51. The van der Waals surface area contributed by atoms with E-state index in [0.29, 0.717) is 6.79 Å². The lowest BCUT2D eigenvalue weighted by Gasteiger charge is -2.11. The lowest BCUT2D eigenvalue weighted by atomic mass is 10.1. The van der Waals surface area contributed by atoms with Gasteiger partial charge in [0, 0.05) is 25.5 Å². The first-order chi connectivity index (χ1) is 19.9. The summed E-state index contributed by atoms with van der Waals surface area (Å²) >= 11 is 0. The maximum atomic E-state index is 11.6. The van der Waals surface area contributed by atoms with E-state index in [1.807, 2.05) is 109 Å². The van der Waals surface area contributed by atoms with Crippen molar-refractivity contribution in [3.63, 3.8) is 0 Å². The van der Waals surface area contributed by atoms with Gasteiger partial charge in [-0.3, -0.25) is 0 Å². The summed E-state index contributed by atoms with van der Waals surface area (Å²) in [6.45, 7) is 0.586. The third kappa shape index (κ3) is 7.39. The average Bonchev–Trinajstić information content (AvgIpc) is 3.66. The molecule has 4 aromatic rings. The molecular weight excluding hydrogens is 518 g/mol. The summed E-state index contributed by atoms with van der Waals surface area (Å²) in [4.78, 5) is 13.1. The highest BCUT2D eigenvalue weighted by Crippen LogP contribution is 2.34. The number of nitrogens with zero attached hydrogens (tertiary/aromatic N) is 1. The molecule has 2 aliphatic rings. The van der Waals surface area contributed by atoms with Gasteiger partial charge in [-0.1, -0.05) is 60.7 Å². The smallest absolute Gasteiger partial charge is 0.321 e. The number of ether oxygens (including phenoxy) is 4. The minimum absolute atomic E-state index is 0.145. The van der Waals surface area contributed by atoms with E-state index in [1.54, 1.807) is 14.1 Å². The summed E-state index contributed by atoms with van der Waals surface area (Å²) in [5, 5.41) is 2.80. The molecule has 8 nitrogen and oxygen atoms in total. The van der Waals surface area contributed by atoms with Gasteiger partial charge in [-0.05, 0) is 70.8 Å². The molecule has 6 rings (SSSR count). The molecule has 0 saturated carbocycles. The van der Waals surface area contributed by atoms with Crippen molar-refractivity contribution in [1.82, 2.24) is 4.90 Å². The minimum atomic E-state index is -0.145. The number of carbonyl (C=O) groups excluding carboxylic acids is 1. The topological polar surface area (TPSA) is 95.3 Å². The van der Waals surface area contributed by atoms with Crippen LogP contribution in [-0.4, -0.2) is 38.6 Å². The Morgan fingerprint density at radius 3 is 1.54 bits per heavy atom. The second kappa shape index (κ2) is 12.7. The van der Waals surface area contributed by atoms with E-state index in [-0.39, 0.29) is 12.8 Å². The summed E-state index contributed by atoms with van der Waals surface area (Å²) in [6, 6.07) is 27.0. The number of carbonyl (C=O) groups is 1. The summed E-state index contributed by atoms with van der Waals surface area (Å²) in [6.07, 6.45) is 8.09. The van der Waals surface area contributed by atoms with Crippen molar-refractivity contribution in [3.8, 4) is 23.0 Å². The van der Waals surface area contributed by atoms with Crippen molar-refractivity contribution in [2.24, 2.45) is 0 Å². The fraction of sp³-hybridized carbons (Fsp3) is 0.121. The van der Waals surface area contributed by atoms with Crippen molar-refractivity contribution in [2.45, 2.75) is 0 Å². The molecule has 8 heteroatoms. The number of fused-ring (bicyclic) bond motifs is 2. The molecule has 41 heavy (non-hydrogen) atoms. The van der Waals surface area contributed by atoms with Crippen LogP contribution in [-0.2, 0) is 0 Å². The highest BCUT2D eigenvalue weighted by molar-refractivity contribution is 5.89. The Morgan fingerprint density at radius 2 is 1.05 bits per heavy atom. The summed E-state index contributed by atoms with van der Waals surface area (Å²) < 4.78 is 21.3. The van der Waals surface area contributed by atoms with Gasteiger partial charge >= 0.3 is 6.03 Å². The van der Waals surface area contributed by atoms with Gasteiger partial charge in [-0.15, -0.1) is 0 Å². The molecule has 2 amide bonds. The zero-order valence-corrected chi connectivity index (χ0v) is 22.9. The van der Waals surface area contributed by atoms with E-state index in [1.165, 1.54) is 4.90 Å². The molecular formula is C33H31N3O5. The minimum Gasteiger partial charge on any atom is -0.454 e. The van der Waals surface area contributed by atoms with Gasteiger partial charge in [0.15, 0.2) is 23.0 Å². The maximum absolute atomic E-state index is 11.6. The number of amides is 2. The predicted molar refractivity (Wildman–Crippen MR) is 163 cm³/mol. The molecule has 0 aromatic heterocycles. The van der Waals surface area contributed by atoms with Gasteiger partial charge in [-0.2, -0.15) is 0 Å². The van der Waals surface area contributed by atoms with Crippen LogP contribution in [0.2, 0.25) is 0 Å². The van der Waals surface area contributed by atoms with Crippen LogP contribution in [0.4, 0.5) is 16.2 Å². The Kier molecular flexibility index (Phi) is 8.40. The lowest BCUT2D eigenvalue weighted by molar-refractivity contribution is 0.173. The number of nitrogen functional groups attached to an aromatic ring is 1. The van der Waals surface area contributed by atoms with Gasteiger partial charge < -0.3 is 34.9 Å². The highest BCUT2D eigenvalue weighted by atomic mass is 16.7. The Balaban J connectivity index is 0.000000169. The zero-order chi connectivity index (χ0) is 28.6. The fourth-order valence-corrected chi connectivity index (χ4v) is 3.94. The van der Waals surface area contributed by atoms with E-state index >= 15 is 0 Å². The van der Waals surface area contributed by atoms with E-state index < -0.39 is 0 Å². The first-order valence-corrected chi connectivity index (χ1v) is 13.0. The van der Waals surface area contributed by atoms with Gasteiger partial charge in [0.2, 0.25) is 13.6 Å². The van der Waals surface area contributed by atoms with Crippen molar-refractivity contribution >= 4 is 41.7 Å². The standard InChI is InChI=1S/C18H18N2O3.C15H13NO2/c1-20(2)18(21)19-15-8-5-13(6-9-15)3-4-14-7-10-16-17(11-14)23-12-22-16;16-13-6-3-11(4-7-13)1-2-12-5-8-14-15(9-12)18-10-17-14/h3-11H,12H2,1-2H3,(H,19,21);1-9H,10,16H2/b4-3+;2-1+. The van der Waals surface area contributed by atoms with Gasteiger partial charge in [-0.25, -0.2) is 4.79 Å². The molecule has 0 aliphatic carbocycles. The number of rotatable bonds is 5. The molecule has 0 fully saturated rings. The third-order valence-corrected chi connectivity index (χ3v) is 6.23. The summed E-state index contributed by atoms with van der Waals surface area (Å²) in [5.41, 5.74) is 11.5. The number of nitrogens with one attached hydrogen (secondary N) is 1. The monoisotopic (exact) mass is 549 g/mol. The van der Waals surface area contributed by atoms with Crippen LogP contribution in [0.15, 0.2) is 84.9 Å². The molecule has 0 atom stereocenters. The number of hydrogen-bond acceptors (Lipinski definition) is 6. The van der Waals surface area contributed by atoms with Crippen LogP contribution < -0.4 is 30.0 Å². The van der Waals surface area contributed by atoms with Crippen LogP contribution in [0.1, 0.15) is 22.3 Å². The van der Waals surface area contributed by atoms with E-state index in [2.05, 4.69) is 5.32 Å². The molecule has 0 spiro atoms. The lowest BCUT2D eigenvalue weighted by Crippen LogP contribution is -2.27. The van der Waals surface area contributed by atoms with Crippen LogP contribution in [0.25, 0.3) is 24.3 Å². The highest BCUT2D eigenvalue weighted by Gasteiger charge is 2.13. The van der Waals surface area contributed by atoms with Crippen molar-refractivity contribution < 1.29 is 23.7 Å². The normalized spacial score (nSPS) is 12.7. The first-order valence-electron chi connectivity index (χ1n) is 13.0. The van der Waals surface area contributed by atoms with E-state index in [0.717, 1.165) is 56.6 Å². The SMILES string of the molecule is CN(C)C(=O)Nc1ccc(/C=C/c2ccc3c(c2)OCO3)cc1.Nc1ccc(/C=C/c2ccc3c(c2)OCO3)cc1. The Hall–Kier alpha value is -5.37. The molecule has 2 heterocycles. The van der Waals surface area contributed by atoms with Gasteiger partial charge in [0.25, 0.3) is 0 Å². The Morgan fingerprint density at radius 1 is 0.634 bits per heavy atom. The van der Waals surface area contributed by atoms with Crippen molar-refractivity contribution in [1.29, 1.82) is 0 Å². The largest absolute Gasteiger partial charge is 0.454 e. The maximum Gasteiger partial charge on any atom is 0.321 e. The molecule has 0 bridgehead atoms. The summed E-state index contributed by atoms with van der Waals surface area (Å²) in [7, 11) is 3.41. The number of anilines is 2. The number of nitrogens with two attached hydrogens (primary N) is 1. The van der Waals surface area contributed by atoms with Crippen LogP contribution in [0.5, 0.6) is 23.0 Å². The molecule has 0 radical (unpaired) electrons. The molecule has 208 valence electrons. The fourth-order valence-electron chi connectivity index (χ4n) is 3.94.